The Hall–Kier alpha value is -2.04. The Morgan fingerprint density at radius 1 is 1.48 bits per heavy atom. The second-order valence-corrected chi connectivity index (χ2v) is 8.24. The lowest BCUT2D eigenvalue weighted by atomic mass is 9.97. The first kappa shape index (κ1) is 19.7. The number of likely N-dealkylation sites (tertiary alicyclic amines) is 1. The number of amides is 1. The van der Waals surface area contributed by atoms with Crippen molar-refractivity contribution in [1.82, 2.24) is 9.88 Å². The molecule has 1 saturated heterocycles. The number of halogens is 2. The zero-order chi connectivity index (χ0) is 19.6. The first-order chi connectivity index (χ1) is 12.9. The highest BCUT2D eigenvalue weighted by molar-refractivity contribution is 8.01. The molecule has 0 saturated carbocycles. The van der Waals surface area contributed by atoms with Gasteiger partial charge >= 0.3 is 5.97 Å². The molecule has 10 heteroatoms. The van der Waals surface area contributed by atoms with Gasteiger partial charge in [-0.05, 0) is 12.5 Å². The second kappa shape index (κ2) is 8.32. The summed E-state index contributed by atoms with van der Waals surface area (Å²) in [6.45, 7) is 0.382. The van der Waals surface area contributed by atoms with Crippen LogP contribution in [0.15, 0.2) is 27.9 Å². The second-order valence-electron chi connectivity index (χ2n) is 6.04. The summed E-state index contributed by atoms with van der Waals surface area (Å²) in [5.74, 6) is -2.04. The summed E-state index contributed by atoms with van der Waals surface area (Å²) in [7, 11) is 0. The molecule has 1 amide bonds. The molecule has 0 spiro atoms. The standard InChI is InChI=1S/C17H17F2N3O3S2/c18-9-1-2-10(11(19)7-9)15(20)13-3-4-14(23)22(13)5-6-26-17-21-12(8-27-17)16(24)25/h1-2,7-8,13,15H,3-6,20H2,(H,24,25)/t13-,15?/m1/s1. The van der Waals surface area contributed by atoms with Gasteiger partial charge in [0.2, 0.25) is 5.91 Å². The monoisotopic (exact) mass is 413 g/mol. The van der Waals surface area contributed by atoms with Crippen LogP contribution in [-0.4, -0.2) is 45.2 Å². The van der Waals surface area contributed by atoms with E-state index in [4.69, 9.17) is 10.8 Å². The van der Waals surface area contributed by atoms with Crippen molar-refractivity contribution < 1.29 is 23.5 Å². The molecular formula is C17H17F2N3O3S2. The highest BCUT2D eigenvalue weighted by Crippen LogP contribution is 2.31. The average molecular weight is 413 g/mol. The molecule has 3 N–H and O–H groups in total. The van der Waals surface area contributed by atoms with E-state index < -0.39 is 23.6 Å². The number of aromatic carboxylic acids is 1. The predicted molar refractivity (Wildman–Crippen MR) is 97.8 cm³/mol. The zero-order valence-corrected chi connectivity index (χ0v) is 15.7. The van der Waals surface area contributed by atoms with Crippen LogP contribution >= 0.6 is 23.1 Å². The molecule has 1 aromatic heterocycles. The Kier molecular flexibility index (Phi) is 6.08. The van der Waals surface area contributed by atoms with Gasteiger partial charge < -0.3 is 15.7 Å². The van der Waals surface area contributed by atoms with Gasteiger partial charge in [-0.2, -0.15) is 0 Å². The van der Waals surface area contributed by atoms with Crippen molar-refractivity contribution in [3.63, 3.8) is 0 Å². The molecule has 2 aromatic rings. The summed E-state index contributed by atoms with van der Waals surface area (Å²) >= 11 is 2.57. The van der Waals surface area contributed by atoms with Crippen molar-refractivity contribution >= 4 is 35.0 Å². The van der Waals surface area contributed by atoms with Crippen LogP contribution in [0.4, 0.5) is 8.78 Å². The van der Waals surface area contributed by atoms with E-state index in [9.17, 15) is 18.4 Å². The summed E-state index contributed by atoms with van der Waals surface area (Å²) in [4.78, 5) is 28.7. The van der Waals surface area contributed by atoms with E-state index in [-0.39, 0.29) is 23.2 Å². The average Bonchev–Trinajstić information content (AvgIpc) is 3.22. The molecule has 1 aliphatic rings. The fourth-order valence-electron chi connectivity index (χ4n) is 3.05. The number of aromatic nitrogens is 1. The number of carbonyl (C=O) groups excluding carboxylic acids is 1. The van der Waals surface area contributed by atoms with Gasteiger partial charge in [0, 0.05) is 35.7 Å². The molecule has 0 bridgehead atoms. The molecule has 0 radical (unpaired) electrons. The normalized spacial score (nSPS) is 18.1. The van der Waals surface area contributed by atoms with Crippen LogP contribution in [0.5, 0.6) is 0 Å². The minimum Gasteiger partial charge on any atom is -0.476 e. The number of thioether (sulfide) groups is 1. The lowest BCUT2D eigenvalue weighted by Gasteiger charge is -2.30. The highest BCUT2D eigenvalue weighted by Gasteiger charge is 2.36. The zero-order valence-electron chi connectivity index (χ0n) is 14.1. The molecule has 6 nitrogen and oxygen atoms in total. The number of rotatable bonds is 7. The summed E-state index contributed by atoms with van der Waals surface area (Å²) in [5, 5.41) is 10.3. The van der Waals surface area contributed by atoms with E-state index in [1.165, 1.54) is 34.5 Å². The molecule has 1 unspecified atom stereocenters. The SMILES string of the molecule is NC(c1ccc(F)cc1F)[C@H]1CCC(=O)N1CCSc1nc(C(=O)O)cs1. The van der Waals surface area contributed by atoms with E-state index in [2.05, 4.69) is 4.98 Å². The number of carboxylic acid groups (broad SMARTS) is 1. The van der Waals surface area contributed by atoms with Crippen molar-refractivity contribution in [2.24, 2.45) is 5.73 Å². The maximum atomic E-state index is 14.0. The molecule has 3 rings (SSSR count). The number of nitrogens with two attached hydrogens (primary N) is 1. The Morgan fingerprint density at radius 2 is 2.26 bits per heavy atom. The van der Waals surface area contributed by atoms with E-state index in [1.807, 2.05) is 0 Å². The first-order valence-corrected chi connectivity index (χ1v) is 10.0. The lowest BCUT2D eigenvalue weighted by Crippen LogP contribution is -2.41. The van der Waals surface area contributed by atoms with E-state index in [1.54, 1.807) is 4.90 Å². The Labute approximate surface area is 162 Å². The van der Waals surface area contributed by atoms with Gasteiger partial charge in [-0.3, -0.25) is 4.79 Å². The third-order valence-electron chi connectivity index (χ3n) is 4.37. The summed E-state index contributed by atoms with van der Waals surface area (Å²) < 4.78 is 27.8. The highest BCUT2D eigenvalue weighted by atomic mass is 32.2. The lowest BCUT2D eigenvalue weighted by molar-refractivity contribution is -0.128. The molecule has 1 fully saturated rings. The van der Waals surface area contributed by atoms with Crippen LogP contribution in [0.25, 0.3) is 0 Å². The van der Waals surface area contributed by atoms with Crippen LogP contribution in [-0.2, 0) is 4.79 Å². The molecular weight excluding hydrogens is 396 g/mol. The van der Waals surface area contributed by atoms with Crippen LogP contribution < -0.4 is 5.73 Å². The fraction of sp³-hybridized carbons (Fsp3) is 0.353. The Morgan fingerprint density at radius 3 is 2.93 bits per heavy atom. The smallest absolute Gasteiger partial charge is 0.355 e. The predicted octanol–water partition coefficient (Wildman–Crippen LogP) is 2.90. The van der Waals surface area contributed by atoms with Gasteiger partial charge in [0.25, 0.3) is 0 Å². The van der Waals surface area contributed by atoms with Crippen LogP contribution in [0.1, 0.15) is 34.9 Å². The molecule has 0 aliphatic carbocycles. The van der Waals surface area contributed by atoms with Crippen molar-refractivity contribution in [2.45, 2.75) is 29.3 Å². The number of carbonyl (C=O) groups is 2. The molecule has 1 aromatic carbocycles. The number of benzene rings is 1. The third kappa shape index (κ3) is 4.45. The topological polar surface area (TPSA) is 96.5 Å². The molecule has 1 aliphatic heterocycles. The molecule has 27 heavy (non-hydrogen) atoms. The largest absolute Gasteiger partial charge is 0.476 e. The van der Waals surface area contributed by atoms with Crippen molar-refractivity contribution in [1.29, 1.82) is 0 Å². The number of nitrogens with zero attached hydrogens (tertiary/aromatic N) is 2. The van der Waals surface area contributed by atoms with Gasteiger partial charge in [0.1, 0.15) is 11.6 Å². The van der Waals surface area contributed by atoms with Gasteiger partial charge in [-0.15, -0.1) is 11.3 Å². The molecule has 144 valence electrons. The summed E-state index contributed by atoms with van der Waals surface area (Å²) in [6, 6.07) is 2.13. The summed E-state index contributed by atoms with van der Waals surface area (Å²) in [6.07, 6.45) is 0.828. The van der Waals surface area contributed by atoms with Gasteiger partial charge in [-0.1, -0.05) is 17.8 Å². The van der Waals surface area contributed by atoms with Crippen LogP contribution in [0.2, 0.25) is 0 Å². The van der Waals surface area contributed by atoms with Gasteiger partial charge in [-0.25, -0.2) is 18.6 Å². The van der Waals surface area contributed by atoms with Crippen LogP contribution in [0, 0.1) is 11.6 Å². The molecule has 2 heterocycles. The van der Waals surface area contributed by atoms with Gasteiger partial charge in [0.15, 0.2) is 10.0 Å². The Bertz CT molecular complexity index is 862. The number of thiazole rings is 1. The minimum absolute atomic E-state index is 0.00793. The van der Waals surface area contributed by atoms with Crippen molar-refractivity contribution in [2.75, 3.05) is 12.3 Å². The van der Waals surface area contributed by atoms with Crippen molar-refractivity contribution in [3.8, 4) is 0 Å². The molecule has 2 atom stereocenters. The van der Waals surface area contributed by atoms with Gasteiger partial charge in [0.05, 0.1) is 12.1 Å². The maximum Gasteiger partial charge on any atom is 0.355 e. The number of carboxylic acids is 1. The summed E-state index contributed by atoms with van der Waals surface area (Å²) in [5.41, 5.74) is 6.36. The first-order valence-electron chi connectivity index (χ1n) is 8.18. The Balaban J connectivity index is 1.64. The maximum absolute atomic E-state index is 14.0. The minimum atomic E-state index is -1.08. The number of hydrogen-bond acceptors (Lipinski definition) is 6. The van der Waals surface area contributed by atoms with E-state index in [0.717, 1.165) is 12.1 Å². The van der Waals surface area contributed by atoms with E-state index >= 15 is 0 Å². The van der Waals surface area contributed by atoms with Crippen LogP contribution in [0.3, 0.4) is 0 Å². The third-order valence-corrected chi connectivity index (χ3v) is 6.37. The van der Waals surface area contributed by atoms with Crippen molar-refractivity contribution in [3.05, 3.63) is 46.5 Å². The number of hydrogen-bond donors (Lipinski definition) is 2. The fourth-order valence-corrected chi connectivity index (χ4v) is 4.86. The quantitative estimate of drug-likeness (QED) is 0.678. The van der Waals surface area contributed by atoms with E-state index in [0.29, 0.717) is 29.5 Å².